The van der Waals surface area contributed by atoms with Gasteiger partial charge in [0.2, 0.25) is 10.0 Å². The van der Waals surface area contributed by atoms with Gasteiger partial charge in [0.1, 0.15) is 0 Å². The summed E-state index contributed by atoms with van der Waals surface area (Å²) in [6, 6.07) is 6.62. The average molecular weight is 421 g/mol. The van der Waals surface area contributed by atoms with Crippen LogP contribution in [0.3, 0.4) is 0 Å². The predicted octanol–water partition coefficient (Wildman–Crippen LogP) is 2.87. The fraction of sp³-hybridized carbons (Fsp3) is 0.611. The number of alkyl halides is 3. The number of benzene rings is 1. The fourth-order valence-electron chi connectivity index (χ4n) is 2.96. The molecule has 0 unspecified atom stereocenters. The summed E-state index contributed by atoms with van der Waals surface area (Å²) in [6.07, 6.45) is -2.52. The molecule has 0 atom stereocenters. The van der Waals surface area contributed by atoms with Gasteiger partial charge in [-0.25, -0.2) is 13.4 Å². The van der Waals surface area contributed by atoms with Crippen LogP contribution in [0.1, 0.15) is 38.2 Å². The van der Waals surface area contributed by atoms with Crippen molar-refractivity contribution >= 4 is 16.0 Å². The van der Waals surface area contributed by atoms with E-state index in [1.165, 1.54) is 4.31 Å². The Bertz CT molecular complexity index is 760. The highest BCUT2D eigenvalue weighted by atomic mass is 32.2. The number of halogens is 3. The van der Waals surface area contributed by atoms with Crippen molar-refractivity contribution in [3.63, 3.8) is 0 Å². The summed E-state index contributed by atoms with van der Waals surface area (Å²) in [5, 5.41) is 5.50. The summed E-state index contributed by atoms with van der Waals surface area (Å²) in [7, 11) is -3.61. The third-order valence-corrected chi connectivity index (χ3v) is 6.36. The van der Waals surface area contributed by atoms with Gasteiger partial charge in [-0.2, -0.15) is 17.5 Å². The van der Waals surface area contributed by atoms with Crippen LogP contribution >= 0.6 is 0 Å². The standard InChI is InChI=1S/C18H27F3N4O2S/c1-2-22-17(23-11-10-18(19,20)21)24-14-15-8-4-5-9-16(15)28(26,27)25-12-6-3-7-13-25/h4-5,8-9H,2-3,6-7,10-14H2,1H3,(H2,22,23,24). The van der Waals surface area contributed by atoms with Crippen LogP contribution in [0.4, 0.5) is 13.2 Å². The first-order valence-electron chi connectivity index (χ1n) is 9.41. The van der Waals surface area contributed by atoms with Crippen molar-refractivity contribution in [2.75, 3.05) is 26.2 Å². The van der Waals surface area contributed by atoms with Crippen LogP contribution in [0, 0.1) is 0 Å². The minimum Gasteiger partial charge on any atom is -0.357 e. The fourth-order valence-corrected chi connectivity index (χ4v) is 4.69. The van der Waals surface area contributed by atoms with E-state index in [1.807, 2.05) is 0 Å². The first kappa shape index (κ1) is 22.5. The topological polar surface area (TPSA) is 73.8 Å². The van der Waals surface area contributed by atoms with E-state index in [1.54, 1.807) is 31.2 Å². The first-order valence-corrected chi connectivity index (χ1v) is 10.8. The molecule has 0 bridgehead atoms. The van der Waals surface area contributed by atoms with E-state index < -0.39 is 22.6 Å². The number of sulfonamides is 1. The van der Waals surface area contributed by atoms with Crippen molar-refractivity contribution in [1.82, 2.24) is 14.9 Å². The van der Waals surface area contributed by atoms with Crippen LogP contribution in [-0.2, 0) is 16.6 Å². The van der Waals surface area contributed by atoms with Gasteiger partial charge in [-0.3, -0.25) is 0 Å². The van der Waals surface area contributed by atoms with Gasteiger partial charge in [-0.1, -0.05) is 24.6 Å². The van der Waals surface area contributed by atoms with E-state index in [0.717, 1.165) is 19.3 Å². The number of guanidine groups is 1. The molecule has 0 aliphatic carbocycles. The quantitative estimate of drug-likeness (QED) is 0.526. The minimum absolute atomic E-state index is 0.0462. The number of aliphatic imine (C=N–C) groups is 1. The molecule has 28 heavy (non-hydrogen) atoms. The minimum atomic E-state index is -4.25. The molecule has 1 aliphatic heterocycles. The molecule has 2 N–H and O–H groups in total. The summed E-state index contributed by atoms with van der Waals surface area (Å²) in [5.41, 5.74) is 0.515. The van der Waals surface area contributed by atoms with E-state index in [2.05, 4.69) is 15.6 Å². The van der Waals surface area contributed by atoms with Crippen LogP contribution in [0.25, 0.3) is 0 Å². The average Bonchev–Trinajstić information content (AvgIpc) is 2.66. The van der Waals surface area contributed by atoms with Gasteiger partial charge in [-0.15, -0.1) is 0 Å². The second-order valence-electron chi connectivity index (χ2n) is 6.56. The van der Waals surface area contributed by atoms with E-state index in [-0.39, 0.29) is 23.9 Å². The van der Waals surface area contributed by atoms with E-state index in [0.29, 0.717) is 25.2 Å². The molecular formula is C18H27F3N4O2S. The van der Waals surface area contributed by atoms with E-state index in [4.69, 9.17) is 0 Å². The smallest absolute Gasteiger partial charge is 0.357 e. The highest BCUT2D eigenvalue weighted by molar-refractivity contribution is 7.89. The monoisotopic (exact) mass is 420 g/mol. The number of hydrogen-bond donors (Lipinski definition) is 2. The van der Waals surface area contributed by atoms with Gasteiger partial charge >= 0.3 is 6.18 Å². The van der Waals surface area contributed by atoms with Crippen LogP contribution in [0.5, 0.6) is 0 Å². The molecular weight excluding hydrogens is 393 g/mol. The molecule has 1 saturated heterocycles. The number of piperidine rings is 1. The normalized spacial score (nSPS) is 16.8. The molecule has 6 nitrogen and oxygen atoms in total. The molecule has 2 rings (SSSR count). The summed E-state index contributed by atoms with van der Waals surface area (Å²) in [6.45, 7) is 3.03. The summed E-state index contributed by atoms with van der Waals surface area (Å²) < 4.78 is 64.5. The molecule has 1 heterocycles. The molecule has 10 heteroatoms. The lowest BCUT2D eigenvalue weighted by Gasteiger charge is -2.26. The first-order chi connectivity index (χ1) is 13.2. The van der Waals surface area contributed by atoms with Crippen molar-refractivity contribution in [2.45, 2.75) is 50.2 Å². The number of rotatable bonds is 7. The van der Waals surface area contributed by atoms with Gasteiger partial charge < -0.3 is 10.6 Å². The van der Waals surface area contributed by atoms with E-state index in [9.17, 15) is 21.6 Å². The molecule has 0 radical (unpaired) electrons. The molecule has 1 fully saturated rings. The Balaban J connectivity index is 2.15. The molecule has 0 spiro atoms. The molecule has 1 aromatic rings. The lowest BCUT2D eigenvalue weighted by Crippen LogP contribution is -2.39. The SMILES string of the molecule is CCNC(=NCc1ccccc1S(=O)(=O)N1CCCCC1)NCCC(F)(F)F. The Morgan fingerprint density at radius 1 is 1.14 bits per heavy atom. The number of nitrogens with one attached hydrogen (secondary N) is 2. The molecule has 1 aromatic carbocycles. The van der Waals surface area contributed by atoms with E-state index >= 15 is 0 Å². The Hall–Kier alpha value is -1.81. The summed E-state index contributed by atoms with van der Waals surface area (Å²) in [4.78, 5) is 4.47. The molecule has 0 aromatic heterocycles. The Morgan fingerprint density at radius 3 is 2.46 bits per heavy atom. The maximum Gasteiger partial charge on any atom is 0.390 e. The second kappa shape index (κ2) is 10.1. The predicted molar refractivity (Wildman–Crippen MR) is 103 cm³/mol. The zero-order valence-corrected chi connectivity index (χ0v) is 16.7. The van der Waals surface area contributed by atoms with Crippen LogP contribution in [-0.4, -0.2) is 51.0 Å². The van der Waals surface area contributed by atoms with Crippen molar-refractivity contribution in [3.05, 3.63) is 29.8 Å². The maximum atomic E-state index is 13.0. The highest BCUT2D eigenvalue weighted by Crippen LogP contribution is 2.24. The molecule has 0 saturated carbocycles. The zero-order valence-electron chi connectivity index (χ0n) is 15.9. The molecule has 158 valence electrons. The molecule has 0 amide bonds. The third kappa shape index (κ3) is 6.66. The van der Waals surface area contributed by atoms with Crippen LogP contribution < -0.4 is 10.6 Å². The van der Waals surface area contributed by atoms with Crippen LogP contribution in [0.2, 0.25) is 0 Å². The Morgan fingerprint density at radius 2 is 1.82 bits per heavy atom. The van der Waals surface area contributed by atoms with Gasteiger partial charge in [0.25, 0.3) is 0 Å². The van der Waals surface area contributed by atoms with Crippen LogP contribution in [0.15, 0.2) is 34.2 Å². The molecule has 1 aliphatic rings. The van der Waals surface area contributed by atoms with Crippen molar-refractivity contribution in [3.8, 4) is 0 Å². The third-order valence-electron chi connectivity index (χ3n) is 4.36. The Labute approximate surface area is 164 Å². The second-order valence-corrected chi connectivity index (χ2v) is 8.47. The van der Waals surface area contributed by atoms with Gasteiger partial charge in [0, 0.05) is 26.2 Å². The van der Waals surface area contributed by atoms with Gasteiger partial charge in [0.05, 0.1) is 17.9 Å². The lowest BCUT2D eigenvalue weighted by molar-refractivity contribution is -0.132. The number of hydrogen-bond acceptors (Lipinski definition) is 3. The maximum absolute atomic E-state index is 13.0. The Kier molecular flexibility index (Phi) is 8.11. The zero-order chi connectivity index (χ0) is 20.6. The summed E-state index contributed by atoms with van der Waals surface area (Å²) >= 11 is 0. The number of nitrogens with zero attached hydrogens (tertiary/aromatic N) is 2. The van der Waals surface area contributed by atoms with Gasteiger partial charge in [0.15, 0.2) is 5.96 Å². The van der Waals surface area contributed by atoms with Gasteiger partial charge in [-0.05, 0) is 31.4 Å². The van der Waals surface area contributed by atoms with Crippen molar-refractivity contribution in [2.24, 2.45) is 4.99 Å². The van der Waals surface area contributed by atoms with Crippen molar-refractivity contribution in [1.29, 1.82) is 0 Å². The highest BCUT2D eigenvalue weighted by Gasteiger charge is 2.28. The van der Waals surface area contributed by atoms with Crippen molar-refractivity contribution < 1.29 is 21.6 Å². The largest absolute Gasteiger partial charge is 0.390 e. The lowest BCUT2D eigenvalue weighted by atomic mass is 10.2. The summed E-state index contributed by atoms with van der Waals surface area (Å²) in [5.74, 6) is 0.219.